The topological polar surface area (TPSA) is 74.6 Å². The maximum atomic E-state index is 15.1. The van der Waals surface area contributed by atoms with E-state index in [2.05, 4.69) is 10.2 Å². The van der Waals surface area contributed by atoms with Gasteiger partial charge in [-0.25, -0.2) is 4.79 Å². The summed E-state index contributed by atoms with van der Waals surface area (Å²) in [5, 5.41) is 12.8. The van der Waals surface area contributed by atoms with Crippen LogP contribution in [-0.4, -0.2) is 41.8 Å². The van der Waals surface area contributed by atoms with E-state index >= 15 is 4.39 Å². The molecule has 1 aromatic heterocycles. The molecule has 0 aliphatic carbocycles. The van der Waals surface area contributed by atoms with E-state index in [0.29, 0.717) is 11.2 Å². The van der Waals surface area contributed by atoms with E-state index in [9.17, 15) is 14.7 Å². The fourth-order valence-electron chi connectivity index (χ4n) is 3.48. The van der Waals surface area contributed by atoms with Crippen LogP contribution in [0.3, 0.4) is 0 Å². The SMILES string of the molecule is Cl.O=C(O)c1c(F)n(-c2ccccc2)c2cc(N3CCNCC3)ccc2c1=O. The number of carboxylic acid groups (broad SMARTS) is 1. The zero-order chi connectivity index (χ0) is 19.0. The number of pyridine rings is 1. The molecule has 0 bridgehead atoms. The van der Waals surface area contributed by atoms with Crippen molar-refractivity contribution >= 4 is 35.0 Å². The first kappa shape index (κ1) is 19.9. The molecule has 2 aromatic carbocycles. The van der Waals surface area contributed by atoms with Gasteiger partial charge >= 0.3 is 5.97 Å². The Balaban J connectivity index is 0.00000225. The first-order valence-corrected chi connectivity index (χ1v) is 8.70. The summed E-state index contributed by atoms with van der Waals surface area (Å²) in [6.07, 6.45) is 0. The molecule has 6 nitrogen and oxygen atoms in total. The van der Waals surface area contributed by atoms with Crippen molar-refractivity contribution < 1.29 is 14.3 Å². The molecular weight excluding hydrogens is 385 g/mol. The molecule has 1 aliphatic rings. The Labute approximate surface area is 166 Å². The minimum absolute atomic E-state index is 0. The highest BCUT2D eigenvalue weighted by Crippen LogP contribution is 2.26. The van der Waals surface area contributed by atoms with Gasteiger partial charge in [-0.3, -0.25) is 9.36 Å². The molecule has 4 rings (SSSR count). The zero-order valence-electron chi connectivity index (χ0n) is 14.9. The summed E-state index contributed by atoms with van der Waals surface area (Å²) in [7, 11) is 0. The largest absolute Gasteiger partial charge is 0.477 e. The number of piperazine rings is 1. The van der Waals surface area contributed by atoms with E-state index in [1.165, 1.54) is 4.57 Å². The third-order valence-electron chi connectivity index (χ3n) is 4.81. The number of para-hydroxylation sites is 1. The summed E-state index contributed by atoms with van der Waals surface area (Å²) < 4.78 is 16.3. The van der Waals surface area contributed by atoms with Crippen molar-refractivity contribution in [2.45, 2.75) is 0 Å². The van der Waals surface area contributed by atoms with Crippen molar-refractivity contribution in [3.63, 3.8) is 0 Å². The smallest absolute Gasteiger partial charge is 0.344 e. The second-order valence-electron chi connectivity index (χ2n) is 6.41. The first-order valence-electron chi connectivity index (χ1n) is 8.70. The number of halogens is 2. The number of benzene rings is 2. The molecule has 1 saturated heterocycles. The van der Waals surface area contributed by atoms with Crippen molar-refractivity contribution in [1.29, 1.82) is 0 Å². The van der Waals surface area contributed by atoms with Crippen LogP contribution >= 0.6 is 12.4 Å². The number of rotatable bonds is 3. The van der Waals surface area contributed by atoms with Gasteiger partial charge in [-0.15, -0.1) is 12.4 Å². The van der Waals surface area contributed by atoms with Crippen LogP contribution in [0.15, 0.2) is 53.3 Å². The quantitative estimate of drug-likeness (QED) is 0.658. The molecule has 2 heterocycles. The van der Waals surface area contributed by atoms with Crippen LogP contribution < -0.4 is 15.6 Å². The van der Waals surface area contributed by atoms with Crippen LogP contribution in [0.25, 0.3) is 16.6 Å². The maximum absolute atomic E-state index is 15.1. The van der Waals surface area contributed by atoms with Gasteiger partial charge in [0.15, 0.2) is 5.56 Å². The number of nitrogens with one attached hydrogen (secondary N) is 1. The molecule has 8 heteroatoms. The molecular formula is C20H19ClFN3O3. The summed E-state index contributed by atoms with van der Waals surface area (Å²) in [5.74, 6) is -2.64. The van der Waals surface area contributed by atoms with E-state index in [4.69, 9.17) is 0 Å². The van der Waals surface area contributed by atoms with Crippen LogP contribution in [0.2, 0.25) is 0 Å². The van der Waals surface area contributed by atoms with Gasteiger partial charge in [0.05, 0.1) is 5.52 Å². The number of nitrogens with zero attached hydrogens (tertiary/aromatic N) is 2. The summed E-state index contributed by atoms with van der Waals surface area (Å²) in [5.41, 5.74) is 0.0237. The Bertz CT molecular complexity index is 1080. The van der Waals surface area contributed by atoms with Gasteiger partial charge in [-0.2, -0.15) is 4.39 Å². The Morgan fingerprint density at radius 2 is 1.71 bits per heavy atom. The standard InChI is InChI=1S/C20H18FN3O3.ClH/c21-19-17(20(26)27)18(25)15-7-6-14(23-10-8-22-9-11-23)12-16(15)24(19)13-4-2-1-3-5-13;/h1-7,12,22H,8-11H2,(H,26,27);1H. The number of anilines is 1. The average molecular weight is 404 g/mol. The molecule has 0 atom stereocenters. The minimum Gasteiger partial charge on any atom is -0.477 e. The summed E-state index contributed by atoms with van der Waals surface area (Å²) >= 11 is 0. The normalized spacial score (nSPS) is 14.0. The van der Waals surface area contributed by atoms with E-state index in [-0.39, 0.29) is 17.8 Å². The zero-order valence-corrected chi connectivity index (χ0v) is 15.7. The molecule has 3 aromatic rings. The third-order valence-corrected chi connectivity index (χ3v) is 4.81. The molecule has 1 fully saturated rings. The van der Waals surface area contributed by atoms with Crippen molar-refractivity contribution in [2.24, 2.45) is 0 Å². The number of carboxylic acids is 1. The van der Waals surface area contributed by atoms with Crippen molar-refractivity contribution in [1.82, 2.24) is 9.88 Å². The van der Waals surface area contributed by atoms with Crippen LogP contribution in [0.5, 0.6) is 0 Å². The van der Waals surface area contributed by atoms with Gasteiger partial charge in [0.2, 0.25) is 11.4 Å². The predicted octanol–water partition coefficient (Wildman–Crippen LogP) is 2.66. The number of aromatic nitrogens is 1. The fraction of sp³-hybridized carbons (Fsp3) is 0.200. The van der Waals surface area contributed by atoms with Crippen LogP contribution in [0, 0.1) is 5.95 Å². The van der Waals surface area contributed by atoms with E-state index in [1.807, 2.05) is 0 Å². The Morgan fingerprint density at radius 1 is 1.04 bits per heavy atom. The number of hydrogen-bond donors (Lipinski definition) is 2. The molecule has 28 heavy (non-hydrogen) atoms. The van der Waals surface area contributed by atoms with Gasteiger partial charge in [-0.1, -0.05) is 18.2 Å². The average Bonchev–Trinajstić information content (AvgIpc) is 2.69. The Kier molecular flexibility index (Phi) is 5.67. The minimum atomic E-state index is -1.57. The van der Waals surface area contributed by atoms with Crippen molar-refractivity contribution in [2.75, 3.05) is 31.1 Å². The van der Waals surface area contributed by atoms with Crippen molar-refractivity contribution in [3.05, 3.63) is 70.3 Å². The van der Waals surface area contributed by atoms with Gasteiger partial charge in [0.1, 0.15) is 0 Å². The molecule has 0 radical (unpaired) electrons. The summed E-state index contributed by atoms with van der Waals surface area (Å²) in [4.78, 5) is 26.3. The van der Waals surface area contributed by atoms with Gasteiger partial charge in [-0.05, 0) is 30.3 Å². The number of carbonyl (C=O) groups is 1. The van der Waals surface area contributed by atoms with Crippen LogP contribution in [-0.2, 0) is 0 Å². The van der Waals surface area contributed by atoms with Crippen LogP contribution in [0.1, 0.15) is 10.4 Å². The highest BCUT2D eigenvalue weighted by atomic mass is 35.5. The highest BCUT2D eigenvalue weighted by molar-refractivity contribution is 5.94. The van der Waals surface area contributed by atoms with Crippen LogP contribution in [0.4, 0.5) is 10.1 Å². The van der Waals surface area contributed by atoms with E-state index < -0.39 is 22.9 Å². The van der Waals surface area contributed by atoms with Crippen molar-refractivity contribution in [3.8, 4) is 5.69 Å². The maximum Gasteiger partial charge on any atom is 0.344 e. The molecule has 0 saturated carbocycles. The van der Waals surface area contributed by atoms with E-state index in [0.717, 1.165) is 31.9 Å². The first-order chi connectivity index (χ1) is 13.1. The lowest BCUT2D eigenvalue weighted by Crippen LogP contribution is -2.43. The summed E-state index contributed by atoms with van der Waals surface area (Å²) in [6, 6.07) is 13.7. The third kappa shape index (κ3) is 3.34. The lowest BCUT2D eigenvalue weighted by Gasteiger charge is -2.30. The molecule has 146 valence electrons. The fourth-order valence-corrected chi connectivity index (χ4v) is 3.48. The Morgan fingerprint density at radius 3 is 2.36 bits per heavy atom. The molecule has 1 aliphatic heterocycles. The Hall–Kier alpha value is -2.90. The molecule has 0 unspecified atom stereocenters. The summed E-state index contributed by atoms with van der Waals surface area (Å²) in [6.45, 7) is 3.29. The lowest BCUT2D eigenvalue weighted by molar-refractivity contribution is 0.0689. The molecule has 0 amide bonds. The van der Waals surface area contributed by atoms with Gasteiger partial charge in [0.25, 0.3) is 0 Å². The van der Waals surface area contributed by atoms with Gasteiger partial charge < -0.3 is 15.3 Å². The molecule has 2 N–H and O–H groups in total. The molecule has 0 spiro atoms. The number of hydrogen-bond acceptors (Lipinski definition) is 4. The predicted molar refractivity (Wildman–Crippen MR) is 109 cm³/mol. The number of aromatic carboxylic acids is 1. The second-order valence-corrected chi connectivity index (χ2v) is 6.41. The van der Waals surface area contributed by atoms with E-state index in [1.54, 1.807) is 48.5 Å². The van der Waals surface area contributed by atoms with Gasteiger partial charge in [0, 0.05) is 42.9 Å². The highest BCUT2D eigenvalue weighted by Gasteiger charge is 2.24. The number of fused-ring (bicyclic) bond motifs is 1. The second kappa shape index (κ2) is 8.00. The lowest BCUT2D eigenvalue weighted by atomic mass is 10.1. The monoisotopic (exact) mass is 403 g/mol.